The summed E-state index contributed by atoms with van der Waals surface area (Å²) in [5, 5.41) is 10.0. The first kappa shape index (κ1) is 15.9. The van der Waals surface area contributed by atoms with Crippen LogP contribution in [0.5, 0.6) is 0 Å². The van der Waals surface area contributed by atoms with Crippen molar-refractivity contribution < 1.29 is 22.7 Å². The van der Waals surface area contributed by atoms with E-state index in [4.69, 9.17) is 5.11 Å². The highest BCUT2D eigenvalue weighted by molar-refractivity contribution is 9.10. The predicted octanol–water partition coefficient (Wildman–Crippen LogP) is 2.47. The minimum absolute atomic E-state index is 0.0198. The van der Waals surface area contributed by atoms with Crippen LogP contribution in [-0.4, -0.2) is 24.5 Å². The quantitative estimate of drug-likeness (QED) is 0.811. The molecule has 0 aliphatic rings. The number of thiazole rings is 1. The Hall–Kier alpha value is -1.52. The van der Waals surface area contributed by atoms with E-state index in [2.05, 4.69) is 25.6 Å². The summed E-state index contributed by atoms with van der Waals surface area (Å²) in [7, 11) is -4.12. The first-order valence-electron chi connectivity index (χ1n) is 5.42. The molecule has 10 heteroatoms. The van der Waals surface area contributed by atoms with Gasteiger partial charge in [0.1, 0.15) is 10.7 Å². The number of carboxylic acid groups (broad SMARTS) is 1. The smallest absolute Gasteiger partial charge is 0.309 e. The second kappa shape index (κ2) is 6.08. The number of rotatable bonds is 5. The van der Waals surface area contributed by atoms with Gasteiger partial charge in [0.05, 0.1) is 12.1 Å². The molecule has 1 heterocycles. The number of anilines is 1. The maximum Gasteiger partial charge on any atom is 0.309 e. The zero-order valence-corrected chi connectivity index (χ0v) is 13.4. The normalized spacial score (nSPS) is 11.3. The molecule has 1 aromatic heterocycles. The average molecular weight is 395 g/mol. The van der Waals surface area contributed by atoms with Gasteiger partial charge < -0.3 is 5.11 Å². The van der Waals surface area contributed by atoms with E-state index in [1.165, 1.54) is 11.4 Å². The van der Waals surface area contributed by atoms with Crippen LogP contribution in [0.2, 0.25) is 0 Å². The molecule has 6 nitrogen and oxygen atoms in total. The zero-order valence-electron chi connectivity index (χ0n) is 10.2. The number of nitrogens with one attached hydrogen (secondary N) is 1. The minimum Gasteiger partial charge on any atom is -0.481 e. The van der Waals surface area contributed by atoms with Crippen molar-refractivity contribution in [3.63, 3.8) is 0 Å². The number of aromatic nitrogens is 1. The number of carbonyl (C=O) groups is 1. The van der Waals surface area contributed by atoms with Crippen molar-refractivity contribution in [2.75, 3.05) is 4.72 Å². The first-order chi connectivity index (χ1) is 9.78. The van der Waals surface area contributed by atoms with Crippen molar-refractivity contribution in [3.8, 4) is 0 Å². The van der Waals surface area contributed by atoms with Crippen LogP contribution in [0.15, 0.2) is 32.9 Å². The Bertz CT molecular complexity index is 791. The summed E-state index contributed by atoms with van der Waals surface area (Å²) in [6.45, 7) is 0. The molecule has 0 unspecified atom stereocenters. The topological polar surface area (TPSA) is 96.4 Å². The molecular weight excluding hydrogens is 387 g/mol. The van der Waals surface area contributed by atoms with Crippen LogP contribution >= 0.6 is 27.3 Å². The largest absolute Gasteiger partial charge is 0.481 e. The molecule has 2 aromatic rings. The van der Waals surface area contributed by atoms with Crippen LogP contribution in [-0.2, 0) is 21.2 Å². The van der Waals surface area contributed by atoms with Gasteiger partial charge in [-0.15, -0.1) is 11.3 Å². The van der Waals surface area contributed by atoms with Gasteiger partial charge in [-0.05, 0) is 18.2 Å². The Kier molecular flexibility index (Phi) is 4.59. The molecule has 0 bridgehead atoms. The number of sulfonamides is 1. The Morgan fingerprint density at radius 3 is 2.81 bits per heavy atom. The Balaban J connectivity index is 2.25. The SMILES string of the molecule is O=C(O)Cc1csc(NS(=O)(=O)c2ccc(Br)cc2F)n1. The van der Waals surface area contributed by atoms with Crippen LogP contribution in [0.4, 0.5) is 9.52 Å². The molecule has 0 spiro atoms. The summed E-state index contributed by atoms with van der Waals surface area (Å²) < 4.78 is 40.3. The second-order valence-electron chi connectivity index (χ2n) is 3.89. The lowest BCUT2D eigenvalue weighted by Crippen LogP contribution is -2.14. The number of benzene rings is 1. The minimum atomic E-state index is -4.12. The molecular formula is C11H8BrFN2O4S2. The molecule has 0 saturated carbocycles. The number of halogens is 2. The molecule has 2 N–H and O–H groups in total. The van der Waals surface area contributed by atoms with Crippen LogP contribution in [0.25, 0.3) is 0 Å². The number of nitrogens with zero attached hydrogens (tertiary/aromatic N) is 1. The lowest BCUT2D eigenvalue weighted by molar-refractivity contribution is -0.136. The Labute approximate surface area is 131 Å². The molecule has 0 radical (unpaired) electrons. The van der Waals surface area contributed by atoms with E-state index in [9.17, 15) is 17.6 Å². The lowest BCUT2D eigenvalue weighted by Gasteiger charge is -2.06. The molecule has 21 heavy (non-hydrogen) atoms. The highest BCUT2D eigenvalue weighted by Crippen LogP contribution is 2.24. The van der Waals surface area contributed by atoms with E-state index in [0.29, 0.717) is 4.47 Å². The van der Waals surface area contributed by atoms with E-state index in [-0.39, 0.29) is 17.2 Å². The van der Waals surface area contributed by atoms with Gasteiger partial charge in [-0.1, -0.05) is 15.9 Å². The summed E-state index contributed by atoms with van der Waals surface area (Å²) in [5.41, 5.74) is 0.224. The standard InChI is InChI=1S/C11H8BrFN2O4S2/c12-6-1-2-9(8(13)3-6)21(18,19)15-11-14-7(5-20-11)4-10(16)17/h1-3,5H,4H2,(H,14,15)(H,16,17). The maximum absolute atomic E-state index is 13.7. The summed E-state index contributed by atoms with van der Waals surface area (Å²) >= 11 is 3.96. The van der Waals surface area contributed by atoms with Gasteiger partial charge in [-0.3, -0.25) is 9.52 Å². The van der Waals surface area contributed by atoms with Crippen LogP contribution in [0.1, 0.15) is 5.69 Å². The van der Waals surface area contributed by atoms with Crippen molar-refractivity contribution in [1.82, 2.24) is 4.98 Å². The van der Waals surface area contributed by atoms with Crippen molar-refractivity contribution in [3.05, 3.63) is 39.6 Å². The third-order valence-electron chi connectivity index (χ3n) is 2.29. The van der Waals surface area contributed by atoms with E-state index >= 15 is 0 Å². The first-order valence-corrected chi connectivity index (χ1v) is 8.57. The van der Waals surface area contributed by atoms with Gasteiger partial charge in [0.15, 0.2) is 5.13 Å². The number of carboxylic acids is 1. The van der Waals surface area contributed by atoms with E-state index in [1.54, 1.807) is 0 Å². The number of hydrogen-bond acceptors (Lipinski definition) is 5. The van der Waals surface area contributed by atoms with E-state index < -0.39 is 26.7 Å². The molecule has 2 rings (SSSR count). The highest BCUT2D eigenvalue weighted by atomic mass is 79.9. The molecule has 0 aliphatic heterocycles. The van der Waals surface area contributed by atoms with Crippen LogP contribution in [0, 0.1) is 5.82 Å². The van der Waals surface area contributed by atoms with Crippen molar-refractivity contribution in [2.24, 2.45) is 0 Å². The molecule has 0 amide bonds. The van der Waals surface area contributed by atoms with Gasteiger partial charge in [0, 0.05) is 9.85 Å². The summed E-state index contributed by atoms with van der Waals surface area (Å²) in [4.78, 5) is 13.8. The number of aliphatic carboxylic acids is 1. The Morgan fingerprint density at radius 2 is 2.19 bits per heavy atom. The third kappa shape index (κ3) is 3.99. The fraction of sp³-hybridized carbons (Fsp3) is 0.0909. The van der Waals surface area contributed by atoms with Gasteiger partial charge >= 0.3 is 5.97 Å². The summed E-state index contributed by atoms with van der Waals surface area (Å²) in [6.07, 6.45) is -0.315. The summed E-state index contributed by atoms with van der Waals surface area (Å²) in [6, 6.07) is 3.55. The average Bonchev–Trinajstić information content (AvgIpc) is 2.73. The molecule has 112 valence electrons. The second-order valence-corrected chi connectivity index (χ2v) is 7.32. The monoisotopic (exact) mass is 394 g/mol. The van der Waals surface area contributed by atoms with Crippen molar-refractivity contribution in [1.29, 1.82) is 0 Å². The zero-order chi connectivity index (χ0) is 15.6. The molecule has 1 aromatic carbocycles. The number of hydrogen-bond donors (Lipinski definition) is 2. The van der Waals surface area contributed by atoms with Crippen LogP contribution in [0.3, 0.4) is 0 Å². The molecule has 0 atom stereocenters. The highest BCUT2D eigenvalue weighted by Gasteiger charge is 2.21. The van der Waals surface area contributed by atoms with Crippen molar-refractivity contribution in [2.45, 2.75) is 11.3 Å². The van der Waals surface area contributed by atoms with E-state index in [1.807, 2.05) is 0 Å². The molecule has 0 saturated heterocycles. The summed E-state index contributed by atoms with van der Waals surface area (Å²) in [5.74, 6) is -1.98. The van der Waals surface area contributed by atoms with E-state index in [0.717, 1.165) is 23.5 Å². The lowest BCUT2D eigenvalue weighted by atomic mass is 10.3. The molecule has 0 aliphatic carbocycles. The third-order valence-corrected chi connectivity index (χ3v) is 5.09. The fourth-order valence-electron chi connectivity index (χ4n) is 1.45. The van der Waals surface area contributed by atoms with Gasteiger partial charge in [-0.25, -0.2) is 17.8 Å². The van der Waals surface area contributed by atoms with Crippen LogP contribution < -0.4 is 4.72 Å². The van der Waals surface area contributed by atoms with Gasteiger partial charge in [0.25, 0.3) is 10.0 Å². The molecule has 0 fully saturated rings. The van der Waals surface area contributed by atoms with Gasteiger partial charge in [0.2, 0.25) is 0 Å². The Morgan fingerprint density at radius 1 is 1.48 bits per heavy atom. The maximum atomic E-state index is 13.7. The predicted molar refractivity (Wildman–Crippen MR) is 78.4 cm³/mol. The van der Waals surface area contributed by atoms with Crippen molar-refractivity contribution >= 4 is 48.4 Å². The van der Waals surface area contributed by atoms with Gasteiger partial charge in [-0.2, -0.15) is 0 Å². The fourth-order valence-corrected chi connectivity index (χ4v) is 3.81.